The lowest BCUT2D eigenvalue weighted by molar-refractivity contribution is -0.141. The van der Waals surface area contributed by atoms with Gasteiger partial charge in [-0.2, -0.15) is 0 Å². The van der Waals surface area contributed by atoms with Crippen LogP contribution in [-0.4, -0.2) is 183 Å². The molecule has 18 nitrogen and oxygen atoms in total. The van der Waals surface area contributed by atoms with Crippen LogP contribution in [0.5, 0.6) is 11.5 Å². The lowest BCUT2D eigenvalue weighted by atomic mass is 10.0. The molecule has 3 saturated heterocycles. The SMILES string of the molecule is C1CCOC1.COC(COCCN1CCN(c2cc(C3=NCc4ccc(OC5(C)CC5)cc43)ncn2)C[C@@H]1C)OC.C[C@H]1CN(c2cc(C3=NCc4ccc(OC5(C)CC5)cc43)ncn2)CCN1CCOCC=O. The van der Waals surface area contributed by atoms with Gasteiger partial charge >= 0.3 is 0 Å². The number of methoxy groups -OCH3 is 2. The molecule has 0 radical (unpaired) electrons. The van der Waals surface area contributed by atoms with E-state index in [4.69, 9.17) is 43.1 Å². The van der Waals surface area contributed by atoms with E-state index in [9.17, 15) is 4.79 Å². The molecule has 2 atom stereocenters. The second kappa shape index (κ2) is 24.9. The third-order valence-electron chi connectivity index (χ3n) is 14.9. The molecule has 11 rings (SSSR count). The van der Waals surface area contributed by atoms with E-state index in [-0.39, 0.29) is 24.1 Å². The zero-order valence-electron chi connectivity index (χ0n) is 44.4. The van der Waals surface area contributed by atoms with E-state index in [2.05, 4.69) is 116 Å². The van der Waals surface area contributed by atoms with Crippen LogP contribution in [0.2, 0.25) is 0 Å². The van der Waals surface area contributed by atoms with Crippen LogP contribution >= 0.6 is 0 Å². The summed E-state index contributed by atoms with van der Waals surface area (Å²) in [5.74, 6) is 3.68. The number of aldehydes is 1. The number of anilines is 2. The summed E-state index contributed by atoms with van der Waals surface area (Å²) in [4.78, 5) is 47.8. The normalized spacial score (nSPS) is 21.4. The maximum Gasteiger partial charge on any atom is 0.180 e. The van der Waals surface area contributed by atoms with Crippen LogP contribution in [0.1, 0.15) is 99.9 Å². The van der Waals surface area contributed by atoms with E-state index in [1.54, 1.807) is 26.9 Å². The fourth-order valence-electron chi connectivity index (χ4n) is 9.80. The van der Waals surface area contributed by atoms with Gasteiger partial charge in [0.15, 0.2) is 6.29 Å². The fraction of sp³-hybridized carbons (Fsp3) is 0.589. The Morgan fingerprint density at radius 1 is 0.662 bits per heavy atom. The highest BCUT2D eigenvalue weighted by atomic mass is 16.7. The second-order valence-electron chi connectivity index (χ2n) is 20.8. The topological polar surface area (TPSA) is 171 Å². The van der Waals surface area contributed by atoms with Gasteiger partial charge in [-0.25, -0.2) is 19.9 Å². The molecule has 74 heavy (non-hydrogen) atoms. The molecule has 5 aliphatic heterocycles. The van der Waals surface area contributed by atoms with E-state index in [1.165, 1.54) is 24.0 Å². The average Bonchev–Trinajstić information content (AvgIpc) is 3.98. The number of benzene rings is 2. The van der Waals surface area contributed by atoms with Crippen LogP contribution in [-0.2, 0) is 41.6 Å². The third-order valence-corrected chi connectivity index (χ3v) is 14.9. The first-order valence-electron chi connectivity index (χ1n) is 26.6. The number of rotatable bonds is 20. The number of aliphatic imine (C=N–C) groups is 2. The molecule has 0 N–H and O–H groups in total. The molecule has 2 saturated carbocycles. The molecule has 2 aliphatic carbocycles. The number of carbonyl (C=O) groups excluding carboxylic acids is 1. The summed E-state index contributed by atoms with van der Waals surface area (Å²) in [7, 11) is 3.24. The Morgan fingerprint density at radius 2 is 1.15 bits per heavy atom. The van der Waals surface area contributed by atoms with Crippen molar-refractivity contribution in [2.24, 2.45) is 9.98 Å². The zero-order valence-corrected chi connectivity index (χ0v) is 44.4. The van der Waals surface area contributed by atoms with Crippen LogP contribution in [0.3, 0.4) is 0 Å². The van der Waals surface area contributed by atoms with Gasteiger partial charge in [0.2, 0.25) is 0 Å². The van der Waals surface area contributed by atoms with E-state index in [1.807, 2.05) is 0 Å². The van der Waals surface area contributed by atoms with E-state index in [0.29, 0.717) is 45.0 Å². The number of nitrogens with zero attached hydrogens (tertiary/aromatic N) is 10. The van der Waals surface area contributed by atoms with Gasteiger partial charge in [-0.1, -0.05) is 12.1 Å². The summed E-state index contributed by atoms with van der Waals surface area (Å²) >= 11 is 0. The second-order valence-corrected chi connectivity index (χ2v) is 20.8. The summed E-state index contributed by atoms with van der Waals surface area (Å²) in [5, 5.41) is 0. The number of carbonyl (C=O) groups is 1. The first-order valence-corrected chi connectivity index (χ1v) is 26.6. The van der Waals surface area contributed by atoms with E-state index in [0.717, 1.165) is 155 Å². The molecule has 4 aromatic rings. The minimum Gasteiger partial charge on any atom is -0.488 e. The maximum absolute atomic E-state index is 10.4. The molecule has 7 heterocycles. The predicted molar refractivity (Wildman–Crippen MR) is 284 cm³/mol. The minimum absolute atomic E-state index is 0.00648. The highest BCUT2D eigenvalue weighted by molar-refractivity contribution is 6.15. The van der Waals surface area contributed by atoms with Crippen molar-refractivity contribution in [3.05, 3.63) is 94.8 Å². The number of fused-ring (bicyclic) bond motifs is 2. The van der Waals surface area contributed by atoms with E-state index < -0.39 is 0 Å². The molecule has 0 spiro atoms. The summed E-state index contributed by atoms with van der Waals surface area (Å²) in [6.45, 7) is 21.1. The van der Waals surface area contributed by atoms with Crippen LogP contribution in [0.25, 0.3) is 0 Å². The smallest absolute Gasteiger partial charge is 0.180 e. The average molecular weight is 1020 g/mol. The minimum atomic E-state index is -0.316. The van der Waals surface area contributed by atoms with E-state index >= 15 is 0 Å². The molecule has 5 fully saturated rings. The fourth-order valence-corrected chi connectivity index (χ4v) is 9.80. The lowest BCUT2D eigenvalue weighted by Gasteiger charge is -2.40. The number of ether oxygens (including phenoxy) is 7. The van der Waals surface area contributed by atoms with Crippen LogP contribution in [0.4, 0.5) is 11.6 Å². The standard InChI is InChI=1S/C27H37N5O4.C25H31N5O3.C4H8O/c1-19-16-32(10-9-31(19)11-12-35-17-25(33-3)34-4)24-14-23(29-18-30-24)26-22-13-21(36-27(2)7-8-27)6-5-20(22)15-28-26;1-18-16-30(8-7-29(18)9-11-32-12-10-31)23-14-22(27-17-28-23)24-21-13-20(33-25(2)5-6-25)4-3-19(21)15-26-24;1-2-4-5-3-1/h5-6,13-14,18-19,25H,7-12,15-17H2,1-4H3;3-4,10,13-14,17-18H,5-9,11-12,15-16H2,1-2H3;1-4H2/t19-;18-;/m00./s1. The quantitative estimate of drug-likeness (QED) is 0.0558. The van der Waals surface area contributed by atoms with Gasteiger partial charge in [-0.05, 0) is 102 Å². The van der Waals surface area contributed by atoms with Crippen molar-refractivity contribution in [2.75, 3.05) is 116 Å². The Morgan fingerprint density at radius 3 is 1.57 bits per heavy atom. The number of hydrogen-bond acceptors (Lipinski definition) is 18. The van der Waals surface area contributed by atoms with Gasteiger partial charge in [-0.15, -0.1) is 0 Å². The zero-order chi connectivity index (χ0) is 51.5. The Bertz CT molecular complexity index is 2560. The number of aromatic nitrogens is 4. The predicted octanol–water partition coefficient (Wildman–Crippen LogP) is 6.19. The van der Waals surface area contributed by atoms with Gasteiger partial charge in [0.25, 0.3) is 0 Å². The first kappa shape index (κ1) is 53.4. The highest BCUT2D eigenvalue weighted by Crippen LogP contribution is 2.42. The molecule has 2 aromatic carbocycles. The Labute approximate surface area is 436 Å². The Kier molecular flexibility index (Phi) is 18.0. The lowest BCUT2D eigenvalue weighted by Crippen LogP contribution is -2.53. The molecule has 18 heteroatoms. The summed E-state index contributed by atoms with van der Waals surface area (Å²) in [5.41, 5.74) is 8.18. The molecular formula is C56H76N10O8. The largest absolute Gasteiger partial charge is 0.488 e. The maximum atomic E-state index is 10.4. The van der Waals surface area contributed by atoms with Crippen molar-refractivity contribution in [3.63, 3.8) is 0 Å². The van der Waals surface area contributed by atoms with Gasteiger partial charge in [0, 0.05) is 115 Å². The molecule has 0 amide bonds. The number of piperazine rings is 2. The van der Waals surface area contributed by atoms with Gasteiger partial charge < -0.3 is 47.8 Å². The van der Waals surface area contributed by atoms with Crippen molar-refractivity contribution < 1.29 is 38.0 Å². The van der Waals surface area contributed by atoms with Crippen LogP contribution in [0, 0.1) is 0 Å². The van der Waals surface area contributed by atoms with Gasteiger partial charge in [0.1, 0.15) is 59.9 Å². The van der Waals surface area contributed by atoms with Crippen molar-refractivity contribution in [1.82, 2.24) is 29.7 Å². The van der Waals surface area contributed by atoms with Gasteiger partial charge in [0.05, 0.1) is 55.7 Å². The monoisotopic (exact) mass is 1020 g/mol. The highest BCUT2D eigenvalue weighted by Gasteiger charge is 2.41. The molecule has 0 bridgehead atoms. The summed E-state index contributed by atoms with van der Waals surface area (Å²) < 4.78 is 38.7. The van der Waals surface area contributed by atoms with Crippen molar-refractivity contribution in [1.29, 1.82) is 0 Å². The molecule has 0 unspecified atom stereocenters. The van der Waals surface area contributed by atoms with Crippen LogP contribution in [0.15, 0.2) is 71.2 Å². The van der Waals surface area contributed by atoms with Crippen molar-refractivity contribution in [3.8, 4) is 11.5 Å². The third kappa shape index (κ3) is 14.1. The molecule has 2 aromatic heterocycles. The molecule has 398 valence electrons. The Balaban J connectivity index is 0.000000166. The van der Waals surface area contributed by atoms with Gasteiger partial charge in [-0.3, -0.25) is 19.8 Å². The number of hydrogen-bond donors (Lipinski definition) is 0. The van der Waals surface area contributed by atoms with Crippen molar-refractivity contribution >= 4 is 29.3 Å². The summed E-state index contributed by atoms with van der Waals surface area (Å²) in [6, 6.07) is 17.5. The van der Waals surface area contributed by atoms with Crippen molar-refractivity contribution in [2.45, 2.75) is 109 Å². The molecular weight excluding hydrogens is 941 g/mol. The summed E-state index contributed by atoms with van der Waals surface area (Å²) in [6.07, 6.45) is 10.8. The van der Waals surface area contributed by atoms with Crippen LogP contribution < -0.4 is 19.3 Å². The first-order chi connectivity index (χ1) is 36.0. The Hall–Kier alpha value is -5.47. The molecule has 7 aliphatic rings.